The van der Waals surface area contributed by atoms with Crippen molar-refractivity contribution in [2.75, 3.05) is 17.7 Å². The van der Waals surface area contributed by atoms with Crippen LogP contribution < -0.4 is 11.1 Å². The number of amides is 1. The Hall–Kier alpha value is -2.86. The number of esters is 1. The Labute approximate surface area is 156 Å². The van der Waals surface area contributed by atoms with E-state index in [2.05, 4.69) is 5.32 Å². The van der Waals surface area contributed by atoms with E-state index in [9.17, 15) is 14.4 Å². The second-order valence-corrected chi connectivity index (χ2v) is 6.39. The predicted molar refractivity (Wildman–Crippen MR) is 100 cm³/mol. The number of nitrogens with one attached hydrogen (secondary N) is 1. The molecule has 0 aliphatic carbocycles. The third kappa shape index (κ3) is 5.07. The largest absolute Gasteiger partial charge is 0.454 e. The van der Waals surface area contributed by atoms with Crippen molar-refractivity contribution < 1.29 is 19.1 Å². The first-order valence-electron chi connectivity index (χ1n) is 7.94. The normalized spacial score (nSPS) is 10.5. The Morgan fingerprint density at radius 3 is 2.35 bits per heavy atom. The fraction of sp³-hybridized carbons (Fsp3) is 0.211. The van der Waals surface area contributed by atoms with Gasteiger partial charge in [0.15, 0.2) is 12.4 Å². The Morgan fingerprint density at radius 1 is 1.12 bits per heavy atom. The number of hydrogen-bond donors (Lipinski definition) is 2. The van der Waals surface area contributed by atoms with E-state index >= 15 is 0 Å². The molecule has 2 aromatic rings. The quantitative estimate of drug-likeness (QED) is 0.457. The summed E-state index contributed by atoms with van der Waals surface area (Å²) in [5.74, 6) is -1.32. The van der Waals surface area contributed by atoms with Crippen LogP contribution in [0.1, 0.15) is 34.6 Å². The number of ketones is 1. The highest BCUT2D eigenvalue weighted by molar-refractivity contribution is 6.31. The van der Waals surface area contributed by atoms with Gasteiger partial charge in [-0.15, -0.1) is 0 Å². The lowest BCUT2D eigenvalue weighted by atomic mass is 10.1. The highest BCUT2D eigenvalue weighted by atomic mass is 35.5. The Balaban J connectivity index is 1.95. The number of benzene rings is 2. The first-order chi connectivity index (χ1) is 12.3. The molecule has 0 aliphatic rings. The Morgan fingerprint density at radius 2 is 1.77 bits per heavy atom. The first-order valence-corrected chi connectivity index (χ1v) is 8.32. The summed E-state index contributed by atoms with van der Waals surface area (Å²) >= 11 is 5.78. The van der Waals surface area contributed by atoms with Crippen LogP contribution in [0, 0.1) is 5.92 Å². The number of nitrogens with two attached hydrogens (primary N) is 1. The maximum Gasteiger partial charge on any atom is 0.340 e. The fourth-order valence-electron chi connectivity index (χ4n) is 2.04. The zero-order valence-corrected chi connectivity index (χ0v) is 15.2. The van der Waals surface area contributed by atoms with E-state index in [-0.39, 0.29) is 28.9 Å². The molecule has 0 atom stereocenters. The standard InChI is InChI=1S/C19H19ClN2O4/c1-11(2)18(24)22-14-6-3-12(4-7-14)17(23)10-26-19(25)15-8-5-13(20)9-16(15)21/h3-9,11H,10,21H2,1-2H3,(H,22,24). The number of Topliss-reactive ketones (excluding diaryl/α,β-unsaturated/α-hetero) is 1. The molecule has 0 saturated heterocycles. The maximum absolute atomic E-state index is 12.1. The van der Waals surface area contributed by atoms with Crippen LogP contribution >= 0.6 is 11.6 Å². The molecule has 7 heteroatoms. The molecule has 0 fully saturated rings. The SMILES string of the molecule is CC(C)C(=O)Nc1ccc(C(=O)COC(=O)c2ccc(Cl)cc2N)cc1. The molecule has 26 heavy (non-hydrogen) atoms. The van der Waals surface area contributed by atoms with Crippen LogP contribution in [0.25, 0.3) is 0 Å². The van der Waals surface area contributed by atoms with Gasteiger partial charge < -0.3 is 15.8 Å². The summed E-state index contributed by atoms with van der Waals surface area (Å²) in [6.45, 7) is 3.16. The van der Waals surface area contributed by atoms with E-state index in [0.29, 0.717) is 16.3 Å². The molecule has 0 spiro atoms. The topological polar surface area (TPSA) is 98.5 Å². The summed E-state index contributed by atoms with van der Waals surface area (Å²) in [4.78, 5) is 35.8. The Bertz CT molecular complexity index is 832. The molecular weight excluding hydrogens is 356 g/mol. The molecule has 0 unspecified atom stereocenters. The summed E-state index contributed by atoms with van der Waals surface area (Å²) < 4.78 is 5.01. The summed E-state index contributed by atoms with van der Waals surface area (Å²) in [6.07, 6.45) is 0. The van der Waals surface area contributed by atoms with Crippen LogP contribution in [0.3, 0.4) is 0 Å². The van der Waals surface area contributed by atoms with Crippen LogP contribution in [-0.4, -0.2) is 24.3 Å². The van der Waals surface area contributed by atoms with Crippen LogP contribution in [0.2, 0.25) is 5.02 Å². The van der Waals surface area contributed by atoms with Crippen LogP contribution in [0.15, 0.2) is 42.5 Å². The third-order valence-electron chi connectivity index (χ3n) is 3.57. The van der Waals surface area contributed by atoms with Crippen molar-refractivity contribution in [2.45, 2.75) is 13.8 Å². The van der Waals surface area contributed by atoms with Crippen LogP contribution in [-0.2, 0) is 9.53 Å². The lowest BCUT2D eigenvalue weighted by Crippen LogP contribution is -2.18. The van der Waals surface area contributed by atoms with Crippen molar-refractivity contribution in [1.82, 2.24) is 0 Å². The molecule has 0 saturated carbocycles. The average Bonchev–Trinajstić information content (AvgIpc) is 2.59. The fourth-order valence-corrected chi connectivity index (χ4v) is 2.22. The van der Waals surface area contributed by atoms with Gasteiger partial charge in [-0.05, 0) is 42.5 Å². The van der Waals surface area contributed by atoms with Crippen molar-refractivity contribution in [2.24, 2.45) is 5.92 Å². The zero-order chi connectivity index (χ0) is 19.3. The molecule has 6 nitrogen and oxygen atoms in total. The van der Waals surface area contributed by atoms with Crippen LogP contribution in [0.4, 0.5) is 11.4 Å². The van der Waals surface area contributed by atoms with Crippen molar-refractivity contribution in [3.8, 4) is 0 Å². The smallest absolute Gasteiger partial charge is 0.340 e. The first kappa shape index (κ1) is 19.5. The molecule has 136 valence electrons. The van der Waals surface area contributed by atoms with E-state index < -0.39 is 12.6 Å². The van der Waals surface area contributed by atoms with Gasteiger partial charge in [0.05, 0.1) is 5.56 Å². The molecular formula is C19H19ClN2O4. The number of rotatable bonds is 6. The minimum Gasteiger partial charge on any atom is -0.454 e. The molecule has 0 aromatic heterocycles. The molecule has 1 amide bonds. The van der Waals surface area contributed by atoms with Gasteiger partial charge in [-0.2, -0.15) is 0 Å². The number of ether oxygens (including phenoxy) is 1. The predicted octanol–water partition coefficient (Wildman–Crippen LogP) is 3.56. The average molecular weight is 375 g/mol. The number of halogens is 1. The number of anilines is 2. The van der Waals surface area contributed by atoms with Crippen molar-refractivity contribution >= 4 is 40.6 Å². The lowest BCUT2D eigenvalue weighted by Gasteiger charge is -2.09. The second kappa shape index (κ2) is 8.49. The molecule has 0 radical (unpaired) electrons. The monoisotopic (exact) mass is 374 g/mol. The maximum atomic E-state index is 12.1. The molecule has 2 aromatic carbocycles. The third-order valence-corrected chi connectivity index (χ3v) is 3.80. The van der Waals surface area contributed by atoms with E-state index in [1.165, 1.54) is 18.2 Å². The van der Waals surface area contributed by atoms with Gasteiger partial charge in [-0.3, -0.25) is 9.59 Å². The molecule has 2 rings (SSSR count). The summed E-state index contributed by atoms with van der Waals surface area (Å²) in [6, 6.07) is 10.7. The van der Waals surface area contributed by atoms with E-state index in [1.54, 1.807) is 38.1 Å². The van der Waals surface area contributed by atoms with E-state index in [1.807, 2.05) is 0 Å². The minimum absolute atomic E-state index is 0.112. The van der Waals surface area contributed by atoms with Gasteiger partial charge in [0.25, 0.3) is 0 Å². The minimum atomic E-state index is -0.701. The summed E-state index contributed by atoms with van der Waals surface area (Å²) in [7, 11) is 0. The van der Waals surface area contributed by atoms with Gasteiger partial charge in [0, 0.05) is 27.9 Å². The Kier molecular flexibility index (Phi) is 6.36. The van der Waals surface area contributed by atoms with Crippen molar-refractivity contribution in [1.29, 1.82) is 0 Å². The number of hydrogen-bond acceptors (Lipinski definition) is 5. The van der Waals surface area contributed by atoms with Gasteiger partial charge in [-0.25, -0.2) is 4.79 Å². The number of carbonyl (C=O) groups is 3. The van der Waals surface area contributed by atoms with Gasteiger partial charge in [0.2, 0.25) is 5.91 Å². The highest BCUT2D eigenvalue weighted by Gasteiger charge is 2.15. The van der Waals surface area contributed by atoms with Gasteiger partial charge in [0.1, 0.15) is 0 Å². The lowest BCUT2D eigenvalue weighted by molar-refractivity contribution is -0.118. The zero-order valence-electron chi connectivity index (χ0n) is 14.4. The highest BCUT2D eigenvalue weighted by Crippen LogP contribution is 2.19. The van der Waals surface area contributed by atoms with Crippen molar-refractivity contribution in [3.05, 3.63) is 58.6 Å². The molecule has 0 heterocycles. The summed E-state index contributed by atoms with van der Waals surface area (Å²) in [5.41, 5.74) is 6.99. The van der Waals surface area contributed by atoms with Gasteiger partial charge in [-0.1, -0.05) is 25.4 Å². The molecule has 0 aliphatic heterocycles. The molecule has 3 N–H and O–H groups in total. The number of carbonyl (C=O) groups excluding carboxylic acids is 3. The van der Waals surface area contributed by atoms with Crippen LogP contribution in [0.5, 0.6) is 0 Å². The molecule has 0 bridgehead atoms. The van der Waals surface area contributed by atoms with E-state index in [0.717, 1.165) is 0 Å². The second-order valence-electron chi connectivity index (χ2n) is 5.95. The number of nitrogen functional groups attached to an aromatic ring is 1. The van der Waals surface area contributed by atoms with Gasteiger partial charge >= 0.3 is 5.97 Å². The van der Waals surface area contributed by atoms with E-state index in [4.69, 9.17) is 22.1 Å². The van der Waals surface area contributed by atoms with Crippen molar-refractivity contribution in [3.63, 3.8) is 0 Å². The summed E-state index contributed by atoms with van der Waals surface area (Å²) in [5, 5.41) is 3.13.